The Kier molecular flexibility index (Phi) is 8.17. The van der Waals surface area contributed by atoms with Crippen LogP contribution in [0.4, 0.5) is 0 Å². The fraction of sp³-hybridized carbons (Fsp3) is 0.600. The molecular weight excluding hydrogens is 312 g/mol. The van der Waals surface area contributed by atoms with E-state index in [2.05, 4.69) is 33.6 Å². The summed E-state index contributed by atoms with van der Waals surface area (Å²) in [7, 11) is -3.17. The Balaban J connectivity index is 4.12. The Bertz CT molecular complexity index is 477. The maximum absolute atomic E-state index is 11.5. The van der Waals surface area contributed by atoms with Crippen LogP contribution < -0.4 is 10.6 Å². The molecule has 0 atom stereocenters. The molecule has 0 aliphatic rings. The molecule has 0 aromatic rings. The van der Waals surface area contributed by atoms with Crippen LogP contribution in [0.5, 0.6) is 0 Å². The Morgan fingerprint density at radius 1 is 0.864 bits per heavy atom. The van der Waals surface area contributed by atoms with Crippen molar-refractivity contribution in [3.05, 3.63) is 0 Å². The zero-order chi connectivity index (χ0) is 17.4. The second-order valence-electron chi connectivity index (χ2n) is 7.07. The van der Waals surface area contributed by atoms with Crippen LogP contribution in [0.1, 0.15) is 0 Å². The van der Waals surface area contributed by atoms with Gasteiger partial charge in [-0.2, -0.15) is 0 Å². The maximum Gasteiger partial charge on any atom is 0.295 e. The molecule has 2 amide bonds. The van der Waals surface area contributed by atoms with Crippen molar-refractivity contribution in [2.24, 2.45) is 0 Å². The van der Waals surface area contributed by atoms with E-state index >= 15 is 0 Å². The van der Waals surface area contributed by atoms with Gasteiger partial charge in [0.25, 0.3) is 11.8 Å². The highest BCUT2D eigenvalue weighted by molar-refractivity contribution is 6.84. The predicted octanol–water partition coefficient (Wildman–Crippen LogP) is 0.341. The summed E-state index contributed by atoms with van der Waals surface area (Å²) < 4.78 is 0. The van der Waals surface area contributed by atoms with Gasteiger partial charge in [-0.1, -0.05) is 39.3 Å². The highest BCUT2D eigenvalue weighted by Crippen LogP contribution is 1.96. The molecule has 0 aromatic carbocycles. The van der Waals surface area contributed by atoms with Gasteiger partial charge in [0.05, 0.1) is 6.10 Å². The van der Waals surface area contributed by atoms with E-state index in [-0.39, 0.29) is 13.1 Å². The molecule has 0 aliphatic heterocycles. The van der Waals surface area contributed by atoms with Gasteiger partial charge in [-0.15, -0.1) is 11.1 Å². The van der Waals surface area contributed by atoms with Gasteiger partial charge >= 0.3 is 0 Å². The number of hydrogen-bond acceptors (Lipinski definition) is 3. The fourth-order valence-electron chi connectivity index (χ4n) is 1.07. The number of aliphatic hydroxyl groups excluding tert-OH is 1. The lowest BCUT2D eigenvalue weighted by atomic mass is 10.3. The summed E-state index contributed by atoms with van der Waals surface area (Å²) in [6, 6.07) is 0. The van der Waals surface area contributed by atoms with Crippen molar-refractivity contribution in [3.8, 4) is 22.9 Å². The minimum Gasteiger partial charge on any atom is -0.389 e. The number of carbonyl (C=O) groups is 2. The third-order valence-corrected chi connectivity index (χ3v) is 3.85. The molecule has 0 aromatic heterocycles. The summed E-state index contributed by atoms with van der Waals surface area (Å²) in [5.41, 5.74) is 5.87. The summed E-state index contributed by atoms with van der Waals surface area (Å²) in [6.45, 7) is 12.3. The molecule has 0 unspecified atom stereocenters. The maximum atomic E-state index is 11.5. The van der Waals surface area contributed by atoms with Crippen LogP contribution in [0.25, 0.3) is 0 Å². The van der Waals surface area contributed by atoms with Crippen LogP contribution in [-0.4, -0.2) is 52.3 Å². The van der Waals surface area contributed by atoms with Crippen molar-refractivity contribution in [1.82, 2.24) is 10.6 Å². The minimum atomic E-state index is -1.58. The molecule has 0 radical (unpaired) electrons. The molecule has 0 fully saturated rings. The van der Waals surface area contributed by atoms with Crippen LogP contribution in [0, 0.1) is 22.9 Å². The summed E-state index contributed by atoms with van der Waals surface area (Å²) in [5.74, 6) is 4.23. The summed E-state index contributed by atoms with van der Waals surface area (Å²) in [6.07, 6.45) is -0.865. The number of amides is 2. The molecule has 0 heterocycles. The first-order chi connectivity index (χ1) is 9.89. The summed E-state index contributed by atoms with van der Waals surface area (Å²) in [4.78, 5) is 22.9. The number of rotatable bonds is 4. The molecule has 0 saturated carbocycles. The van der Waals surface area contributed by atoms with Gasteiger partial charge in [0.15, 0.2) is 0 Å². The lowest BCUT2D eigenvalue weighted by Crippen LogP contribution is -2.39. The Hall–Kier alpha value is -1.55. The lowest BCUT2D eigenvalue weighted by Gasteiger charge is -2.10. The second kappa shape index (κ2) is 8.79. The van der Waals surface area contributed by atoms with Crippen molar-refractivity contribution >= 4 is 28.0 Å². The van der Waals surface area contributed by atoms with E-state index in [9.17, 15) is 14.7 Å². The molecule has 0 saturated heterocycles. The molecule has 0 aliphatic carbocycles. The van der Waals surface area contributed by atoms with Gasteiger partial charge in [-0.3, -0.25) is 9.59 Å². The smallest absolute Gasteiger partial charge is 0.295 e. The SMILES string of the molecule is C[Si](C)(C)C#CC(=O)NCC(O)CNC(=O)C#C[Si](C)(C)C. The number of hydrogen-bond donors (Lipinski definition) is 3. The Labute approximate surface area is 135 Å². The van der Waals surface area contributed by atoms with Crippen LogP contribution in [0.2, 0.25) is 39.3 Å². The molecular formula is C15H26N2O3Si2. The average molecular weight is 339 g/mol. The van der Waals surface area contributed by atoms with Crippen LogP contribution in [-0.2, 0) is 9.59 Å². The van der Waals surface area contributed by atoms with Crippen molar-refractivity contribution < 1.29 is 14.7 Å². The van der Waals surface area contributed by atoms with E-state index in [1.165, 1.54) is 0 Å². The van der Waals surface area contributed by atoms with Crippen LogP contribution in [0.3, 0.4) is 0 Å². The van der Waals surface area contributed by atoms with Crippen molar-refractivity contribution in [1.29, 1.82) is 0 Å². The predicted molar refractivity (Wildman–Crippen MR) is 94.3 cm³/mol. The molecule has 0 spiro atoms. The standard InChI is InChI=1S/C15H26N2O3Si2/c1-21(2,3)9-7-14(19)16-11-13(18)12-17-15(20)8-10-22(4,5)6/h13,18H,11-12H2,1-6H3,(H,16,19)(H,17,20). The average Bonchev–Trinajstić information content (AvgIpc) is 2.36. The normalized spacial score (nSPS) is 10.9. The van der Waals surface area contributed by atoms with Gasteiger partial charge in [0.2, 0.25) is 0 Å². The number of aliphatic hydroxyl groups is 1. The van der Waals surface area contributed by atoms with Gasteiger partial charge in [-0.25, -0.2) is 0 Å². The van der Waals surface area contributed by atoms with E-state index in [1.807, 2.05) is 39.3 Å². The van der Waals surface area contributed by atoms with Crippen molar-refractivity contribution in [2.75, 3.05) is 13.1 Å². The zero-order valence-corrected chi connectivity index (χ0v) is 16.3. The Morgan fingerprint density at radius 3 is 1.45 bits per heavy atom. The molecule has 7 heteroatoms. The third-order valence-electron chi connectivity index (χ3n) is 2.10. The van der Waals surface area contributed by atoms with E-state index in [4.69, 9.17) is 0 Å². The van der Waals surface area contributed by atoms with Gasteiger partial charge in [0, 0.05) is 13.1 Å². The third kappa shape index (κ3) is 13.4. The zero-order valence-electron chi connectivity index (χ0n) is 14.3. The van der Waals surface area contributed by atoms with E-state index in [0.717, 1.165) is 0 Å². The molecule has 0 bridgehead atoms. The largest absolute Gasteiger partial charge is 0.389 e. The van der Waals surface area contributed by atoms with Crippen molar-refractivity contribution in [2.45, 2.75) is 45.4 Å². The highest BCUT2D eigenvalue weighted by atomic mass is 28.3. The number of nitrogens with one attached hydrogen (secondary N) is 2. The molecule has 22 heavy (non-hydrogen) atoms. The minimum absolute atomic E-state index is 0.0426. The second-order valence-corrected chi connectivity index (χ2v) is 16.6. The van der Waals surface area contributed by atoms with E-state index in [1.54, 1.807) is 0 Å². The van der Waals surface area contributed by atoms with E-state index < -0.39 is 34.1 Å². The Morgan fingerprint density at radius 2 is 1.18 bits per heavy atom. The molecule has 3 N–H and O–H groups in total. The van der Waals surface area contributed by atoms with Gasteiger partial charge < -0.3 is 15.7 Å². The summed E-state index contributed by atoms with van der Waals surface area (Å²) in [5, 5.41) is 14.7. The van der Waals surface area contributed by atoms with Gasteiger partial charge in [0.1, 0.15) is 16.1 Å². The van der Waals surface area contributed by atoms with Gasteiger partial charge in [-0.05, 0) is 11.8 Å². The fourth-order valence-corrected chi connectivity index (χ4v) is 2.05. The molecule has 5 nitrogen and oxygen atoms in total. The van der Waals surface area contributed by atoms with Crippen LogP contribution >= 0.6 is 0 Å². The van der Waals surface area contributed by atoms with E-state index in [0.29, 0.717) is 0 Å². The monoisotopic (exact) mass is 338 g/mol. The quantitative estimate of drug-likeness (QED) is 0.511. The summed E-state index contributed by atoms with van der Waals surface area (Å²) >= 11 is 0. The lowest BCUT2D eigenvalue weighted by molar-refractivity contribution is -0.116. The van der Waals surface area contributed by atoms with Crippen LogP contribution in [0.15, 0.2) is 0 Å². The first-order valence-electron chi connectivity index (χ1n) is 7.19. The number of carbonyl (C=O) groups excluding carboxylic acids is 2. The first kappa shape index (κ1) is 20.5. The highest BCUT2D eigenvalue weighted by Gasteiger charge is 2.11. The topological polar surface area (TPSA) is 78.4 Å². The molecule has 0 rings (SSSR count). The first-order valence-corrected chi connectivity index (χ1v) is 14.2. The molecule has 122 valence electrons. The van der Waals surface area contributed by atoms with Crippen molar-refractivity contribution in [3.63, 3.8) is 0 Å².